The lowest BCUT2D eigenvalue weighted by Gasteiger charge is -2.09. The number of halogens is 1. The highest BCUT2D eigenvalue weighted by Gasteiger charge is 2.11. The molecule has 4 aromatic rings. The summed E-state index contributed by atoms with van der Waals surface area (Å²) in [4.78, 5) is 24.5. The first-order valence-corrected chi connectivity index (χ1v) is 11.7. The Morgan fingerprint density at radius 3 is 2.16 bits per heavy atom. The van der Waals surface area contributed by atoms with Gasteiger partial charge in [0.25, 0.3) is 5.91 Å². The minimum absolute atomic E-state index is 0.227. The second-order valence-corrected chi connectivity index (χ2v) is 8.20. The van der Waals surface area contributed by atoms with Crippen LogP contribution in [-0.2, 0) is 11.4 Å². The highest BCUT2D eigenvalue weighted by atomic mass is 35.5. The number of esters is 1. The zero-order chi connectivity index (χ0) is 25.9. The lowest BCUT2D eigenvalue weighted by atomic mass is 10.2. The van der Waals surface area contributed by atoms with E-state index >= 15 is 0 Å². The van der Waals surface area contributed by atoms with Crippen molar-refractivity contribution in [3.05, 3.63) is 125 Å². The van der Waals surface area contributed by atoms with E-state index in [9.17, 15) is 9.59 Å². The molecule has 0 heterocycles. The Morgan fingerprint density at radius 2 is 1.43 bits per heavy atom. The van der Waals surface area contributed by atoms with E-state index in [1.54, 1.807) is 72.8 Å². The molecule has 0 bridgehead atoms. The molecule has 186 valence electrons. The van der Waals surface area contributed by atoms with Crippen molar-refractivity contribution in [2.24, 2.45) is 5.10 Å². The predicted octanol–water partition coefficient (Wildman–Crippen LogP) is 5.67. The van der Waals surface area contributed by atoms with Crippen molar-refractivity contribution in [1.29, 1.82) is 0 Å². The van der Waals surface area contributed by atoms with Crippen LogP contribution in [0.5, 0.6) is 17.2 Å². The fourth-order valence-electron chi connectivity index (χ4n) is 3.15. The molecule has 1 amide bonds. The van der Waals surface area contributed by atoms with Crippen LogP contribution in [0.25, 0.3) is 0 Å². The van der Waals surface area contributed by atoms with Gasteiger partial charge in [-0.15, -0.1) is 0 Å². The van der Waals surface area contributed by atoms with E-state index in [4.69, 9.17) is 25.8 Å². The Morgan fingerprint density at radius 1 is 0.784 bits per heavy atom. The zero-order valence-corrected chi connectivity index (χ0v) is 20.4. The summed E-state index contributed by atoms with van der Waals surface area (Å²) < 4.78 is 16.7. The number of hydrogen-bond acceptors (Lipinski definition) is 6. The van der Waals surface area contributed by atoms with Gasteiger partial charge in [-0.3, -0.25) is 4.79 Å². The van der Waals surface area contributed by atoms with Crippen LogP contribution in [0, 0.1) is 0 Å². The third-order valence-electron chi connectivity index (χ3n) is 5.04. The maximum atomic E-state index is 12.4. The summed E-state index contributed by atoms with van der Waals surface area (Å²) >= 11 is 5.86. The first kappa shape index (κ1) is 25.5. The van der Waals surface area contributed by atoms with Gasteiger partial charge in [0.2, 0.25) is 0 Å². The number of nitrogens with zero attached hydrogens (tertiary/aromatic N) is 1. The molecule has 0 radical (unpaired) electrons. The van der Waals surface area contributed by atoms with Gasteiger partial charge in [0.05, 0.1) is 11.8 Å². The van der Waals surface area contributed by atoms with Crippen LogP contribution in [0.2, 0.25) is 5.02 Å². The van der Waals surface area contributed by atoms with Crippen molar-refractivity contribution in [2.45, 2.75) is 6.61 Å². The van der Waals surface area contributed by atoms with E-state index in [0.717, 1.165) is 5.56 Å². The second-order valence-electron chi connectivity index (χ2n) is 7.76. The number of amides is 1. The maximum Gasteiger partial charge on any atom is 0.343 e. The van der Waals surface area contributed by atoms with Crippen molar-refractivity contribution >= 4 is 29.7 Å². The van der Waals surface area contributed by atoms with Gasteiger partial charge in [-0.05, 0) is 66.2 Å². The van der Waals surface area contributed by atoms with Gasteiger partial charge in [0.1, 0.15) is 23.9 Å². The highest BCUT2D eigenvalue weighted by molar-refractivity contribution is 6.30. The predicted molar refractivity (Wildman–Crippen MR) is 141 cm³/mol. The molecule has 0 saturated heterocycles. The number of hydrogen-bond donors (Lipinski definition) is 1. The standard InChI is InChI=1S/C29H23ClN2O5/c30-24-12-10-22(11-13-24)29(34)37-27-9-5-4-8-23(27)18-31-32-28(33)20-36-26-16-14-25(15-17-26)35-19-21-6-2-1-3-7-21/h1-18H,19-20H2,(H,32,33)/b31-18+. The molecule has 0 aromatic heterocycles. The molecule has 4 aromatic carbocycles. The molecule has 0 unspecified atom stereocenters. The molecule has 0 aliphatic carbocycles. The van der Waals surface area contributed by atoms with Crippen molar-refractivity contribution in [1.82, 2.24) is 5.43 Å². The number of nitrogens with one attached hydrogen (secondary N) is 1. The lowest BCUT2D eigenvalue weighted by Crippen LogP contribution is -2.24. The Balaban J connectivity index is 1.24. The van der Waals surface area contributed by atoms with Crippen molar-refractivity contribution in [3.8, 4) is 17.2 Å². The Bertz CT molecular complexity index is 1360. The monoisotopic (exact) mass is 514 g/mol. The molecule has 1 N–H and O–H groups in total. The third kappa shape index (κ3) is 7.95. The number of hydrazone groups is 1. The van der Waals surface area contributed by atoms with Gasteiger partial charge in [0, 0.05) is 10.6 Å². The number of ether oxygens (including phenoxy) is 3. The Labute approximate surface area is 219 Å². The number of carbonyl (C=O) groups excluding carboxylic acids is 2. The van der Waals surface area contributed by atoms with Gasteiger partial charge < -0.3 is 14.2 Å². The van der Waals surface area contributed by atoms with Gasteiger partial charge in [0.15, 0.2) is 6.61 Å². The Kier molecular flexibility index (Phi) is 8.88. The molecule has 0 aliphatic heterocycles. The molecular weight excluding hydrogens is 492 g/mol. The average Bonchev–Trinajstić information content (AvgIpc) is 2.93. The quantitative estimate of drug-likeness (QED) is 0.128. The van der Waals surface area contributed by atoms with Crippen LogP contribution in [0.3, 0.4) is 0 Å². The molecule has 0 saturated carbocycles. The normalized spacial score (nSPS) is 10.6. The van der Waals surface area contributed by atoms with Crippen LogP contribution >= 0.6 is 11.6 Å². The summed E-state index contributed by atoms with van der Waals surface area (Å²) in [6.07, 6.45) is 1.39. The molecule has 0 spiro atoms. The van der Waals surface area contributed by atoms with Crippen LogP contribution in [0.15, 0.2) is 108 Å². The molecular formula is C29H23ClN2O5. The average molecular weight is 515 g/mol. The van der Waals surface area contributed by atoms with E-state index in [1.807, 2.05) is 30.3 Å². The van der Waals surface area contributed by atoms with Crippen LogP contribution < -0.4 is 19.6 Å². The number of rotatable bonds is 10. The molecule has 7 nitrogen and oxygen atoms in total. The van der Waals surface area contributed by atoms with Crippen molar-refractivity contribution in [2.75, 3.05) is 6.61 Å². The fraction of sp³-hybridized carbons (Fsp3) is 0.0690. The third-order valence-corrected chi connectivity index (χ3v) is 5.29. The molecule has 0 aliphatic rings. The minimum atomic E-state index is -0.536. The van der Waals surface area contributed by atoms with Gasteiger partial charge >= 0.3 is 5.97 Å². The Hall–Kier alpha value is -4.62. The lowest BCUT2D eigenvalue weighted by molar-refractivity contribution is -0.123. The second kappa shape index (κ2) is 12.9. The first-order chi connectivity index (χ1) is 18.1. The molecule has 4 rings (SSSR count). The molecule has 37 heavy (non-hydrogen) atoms. The summed E-state index contributed by atoms with van der Waals surface area (Å²) in [7, 11) is 0. The highest BCUT2D eigenvalue weighted by Crippen LogP contribution is 2.20. The molecule has 0 fully saturated rings. The topological polar surface area (TPSA) is 86.2 Å². The number of carbonyl (C=O) groups is 2. The van der Waals surface area contributed by atoms with Crippen LogP contribution in [-0.4, -0.2) is 24.7 Å². The SMILES string of the molecule is O=C(COc1ccc(OCc2ccccc2)cc1)N/N=C/c1ccccc1OC(=O)c1ccc(Cl)cc1. The van der Waals surface area contributed by atoms with Crippen molar-refractivity contribution < 1.29 is 23.8 Å². The van der Waals surface area contributed by atoms with Crippen LogP contribution in [0.1, 0.15) is 21.5 Å². The van der Waals surface area contributed by atoms with Crippen molar-refractivity contribution in [3.63, 3.8) is 0 Å². The summed E-state index contributed by atoms with van der Waals surface area (Å²) in [5, 5.41) is 4.46. The molecule has 0 atom stereocenters. The zero-order valence-electron chi connectivity index (χ0n) is 19.7. The van der Waals surface area contributed by atoms with Gasteiger partial charge in [-0.2, -0.15) is 5.10 Å². The number of benzene rings is 4. The van der Waals surface area contributed by atoms with Crippen LogP contribution in [0.4, 0.5) is 0 Å². The maximum absolute atomic E-state index is 12.4. The first-order valence-electron chi connectivity index (χ1n) is 11.3. The summed E-state index contributed by atoms with van der Waals surface area (Å²) in [5.74, 6) is 0.528. The minimum Gasteiger partial charge on any atom is -0.489 e. The van der Waals surface area contributed by atoms with Gasteiger partial charge in [-0.25, -0.2) is 10.2 Å². The van der Waals surface area contributed by atoms with E-state index < -0.39 is 11.9 Å². The fourth-order valence-corrected chi connectivity index (χ4v) is 3.28. The summed E-state index contributed by atoms with van der Waals surface area (Å²) in [6, 6.07) is 30.1. The van der Waals surface area contributed by atoms with E-state index in [2.05, 4.69) is 10.5 Å². The number of para-hydroxylation sites is 1. The smallest absolute Gasteiger partial charge is 0.343 e. The molecule has 8 heteroatoms. The van der Waals surface area contributed by atoms with E-state index in [-0.39, 0.29) is 6.61 Å². The summed E-state index contributed by atoms with van der Waals surface area (Å²) in [5.41, 5.74) is 4.34. The largest absolute Gasteiger partial charge is 0.489 e. The van der Waals surface area contributed by atoms with Gasteiger partial charge in [-0.1, -0.05) is 54.1 Å². The summed E-state index contributed by atoms with van der Waals surface area (Å²) in [6.45, 7) is 0.236. The van der Waals surface area contributed by atoms with E-state index in [0.29, 0.717) is 40.0 Å². The van der Waals surface area contributed by atoms with E-state index in [1.165, 1.54) is 6.21 Å².